The normalized spacial score (nSPS) is 14.9. The van der Waals surface area contributed by atoms with E-state index in [9.17, 15) is 9.90 Å². The number of rotatable bonds is 5. The molecule has 7 heteroatoms. The predicted molar refractivity (Wildman–Crippen MR) is 134 cm³/mol. The summed E-state index contributed by atoms with van der Waals surface area (Å²) in [6.45, 7) is 2.00. The van der Waals surface area contributed by atoms with Crippen LogP contribution in [0.2, 0.25) is 0 Å². The summed E-state index contributed by atoms with van der Waals surface area (Å²) in [5, 5.41) is 15.2. The lowest BCUT2D eigenvalue weighted by atomic mass is 10.0. The second-order valence-corrected chi connectivity index (χ2v) is 8.29. The molecule has 1 aliphatic rings. The zero-order valence-electron chi connectivity index (χ0n) is 19.9. The first kappa shape index (κ1) is 23.3. The fourth-order valence-electron chi connectivity index (χ4n) is 4.06. The van der Waals surface area contributed by atoms with Gasteiger partial charge in [-0.25, -0.2) is 9.80 Å². The lowest BCUT2D eigenvalue weighted by Gasteiger charge is -2.28. The first-order chi connectivity index (χ1) is 16.4. The summed E-state index contributed by atoms with van der Waals surface area (Å²) in [4.78, 5) is 15.0. The molecule has 0 bridgehead atoms. The Morgan fingerprint density at radius 1 is 1.03 bits per heavy atom. The zero-order chi connectivity index (χ0) is 24.2. The molecule has 1 unspecified atom stereocenters. The van der Waals surface area contributed by atoms with Crippen LogP contribution in [0.15, 0.2) is 65.8 Å². The van der Waals surface area contributed by atoms with E-state index >= 15 is 0 Å². The van der Waals surface area contributed by atoms with Crippen LogP contribution in [0, 0.1) is 0 Å². The molecule has 3 aromatic carbocycles. The van der Waals surface area contributed by atoms with Gasteiger partial charge in [0.15, 0.2) is 11.5 Å². The number of hydrogen-bond donors (Lipinski definition) is 1. The molecule has 0 aromatic heterocycles. The molecule has 3 aromatic rings. The molecule has 7 nitrogen and oxygen atoms in total. The van der Waals surface area contributed by atoms with E-state index in [0.29, 0.717) is 17.9 Å². The number of hydrazone groups is 1. The number of hydrogen-bond acceptors (Lipinski definition) is 5. The Morgan fingerprint density at radius 3 is 2.21 bits per heavy atom. The fraction of sp³-hybridized carbons (Fsp3) is 0.259. The van der Waals surface area contributed by atoms with E-state index in [-0.39, 0.29) is 18.7 Å². The van der Waals surface area contributed by atoms with Gasteiger partial charge in [0.25, 0.3) is 0 Å². The number of fused-ring (bicyclic) bond motifs is 1. The summed E-state index contributed by atoms with van der Waals surface area (Å²) in [5.41, 5.74) is 5.67. The van der Waals surface area contributed by atoms with Gasteiger partial charge in [0.2, 0.25) is 0 Å². The van der Waals surface area contributed by atoms with Crippen molar-refractivity contribution < 1.29 is 19.4 Å². The highest BCUT2D eigenvalue weighted by molar-refractivity contribution is 5.93. The zero-order valence-corrected chi connectivity index (χ0v) is 19.9. The lowest BCUT2D eigenvalue weighted by Crippen LogP contribution is -2.43. The number of nitrogens with zero attached hydrogens (tertiary/aromatic N) is 3. The van der Waals surface area contributed by atoms with Crippen LogP contribution in [-0.4, -0.2) is 49.7 Å². The summed E-state index contributed by atoms with van der Waals surface area (Å²) >= 11 is 0. The van der Waals surface area contributed by atoms with Crippen LogP contribution in [0.4, 0.5) is 10.5 Å². The minimum atomic E-state index is -0.212. The van der Waals surface area contributed by atoms with Gasteiger partial charge in [0.1, 0.15) is 0 Å². The largest absolute Gasteiger partial charge is 0.493 e. The SMILES string of the molecule is COc1cc2c(cc1OC)CC(C)N(C(=O)N(C)c1ccc(-c3ccc(CO)cc3)cc1)N=C2. The summed E-state index contributed by atoms with van der Waals surface area (Å²) in [6, 6.07) is 19.0. The highest BCUT2D eigenvalue weighted by Gasteiger charge is 2.27. The Morgan fingerprint density at radius 2 is 1.62 bits per heavy atom. The first-order valence-electron chi connectivity index (χ1n) is 11.1. The van der Waals surface area contributed by atoms with Crippen LogP contribution in [0.1, 0.15) is 23.6 Å². The summed E-state index contributed by atoms with van der Waals surface area (Å²) in [7, 11) is 4.96. The van der Waals surface area contributed by atoms with E-state index in [4.69, 9.17) is 9.47 Å². The van der Waals surface area contributed by atoms with E-state index in [1.54, 1.807) is 32.4 Å². The lowest BCUT2D eigenvalue weighted by molar-refractivity contribution is 0.190. The minimum absolute atomic E-state index is 0.0235. The van der Waals surface area contributed by atoms with E-state index in [2.05, 4.69) is 5.10 Å². The molecule has 0 radical (unpaired) electrons. The predicted octanol–water partition coefficient (Wildman–Crippen LogP) is 4.70. The molecule has 0 saturated carbocycles. The first-order valence-corrected chi connectivity index (χ1v) is 11.1. The van der Waals surface area contributed by atoms with Crippen LogP contribution in [-0.2, 0) is 13.0 Å². The smallest absolute Gasteiger partial charge is 0.344 e. The third kappa shape index (κ3) is 4.61. The maximum Gasteiger partial charge on any atom is 0.344 e. The van der Waals surface area contributed by atoms with Crippen LogP contribution in [0.25, 0.3) is 11.1 Å². The number of carbonyl (C=O) groups is 1. The van der Waals surface area contributed by atoms with E-state index in [0.717, 1.165) is 33.5 Å². The molecule has 0 fully saturated rings. The molecule has 34 heavy (non-hydrogen) atoms. The molecule has 4 rings (SSSR count). The van der Waals surface area contributed by atoms with Crippen molar-refractivity contribution in [1.82, 2.24) is 5.01 Å². The Kier molecular flexibility index (Phi) is 6.84. The number of benzene rings is 3. The monoisotopic (exact) mass is 459 g/mol. The molecule has 1 heterocycles. The van der Waals surface area contributed by atoms with Crippen molar-refractivity contribution >= 4 is 17.9 Å². The number of aliphatic hydroxyl groups excluding tert-OH is 1. The number of aliphatic hydroxyl groups is 1. The Bertz CT molecular complexity index is 1190. The summed E-state index contributed by atoms with van der Waals surface area (Å²) in [5.74, 6) is 1.29. The Hall–Kier alpha value is -3.84. The van der Waals surface area contributed by atoms with Gasteiger partial charge in [-0.15, -0.1) is 0 Å². The van der Waals surface area contributed by atoms with Crippen molar-refractivity contribution in [2.24, 2.45) is 5.10 Å². The average molecular weight is 460 g/mol. The Labute approximate surface area is 199 Å². The van der Waals surface area contributed by atoms with Crippen LogP contribution in [0.5, 0.6) is 11.5 Å². The standard InChI is InChI=1S/C27H29N3O4/c1-18-13-22-14-25(33-3)26(34-4)15-23(22)16-28-30(18)27(32)29(2)24-11-9-21(10-12-24)20-7-5-19(17-31)6-8-20/h5-12,14-16,18,31H,13,17H2,1-4H3. The number of amides is 2. The Balaban J connectivity index is 1.52. The van der Waals surface area contributed by atoms with Crippen molar-refractivity contribution in [3.63, 3.8) is 0 Å². The highest BCUT2D eigenvalue weighted by atomic mass is 16.5. The topological polar surface area (TPSA) is 74.6 Å². The van der Waals surface area contributed by atoms with Gasteiger partial charge < -0.3 is 14.6 Å². The molecule has 2 amide bonds. The second kappa shape index (κ2) is 9.97. The van der Waals surface area contributed by atoms with Gasteiger partial charge in [0, 0.05) is 18.3 Å². The van der Waals surface area contributed by atoms with Gasteiger partial charge in [-0.1, -0.05) is 36.4 Å². The van der Waals surface area contributed by atoms with Crippen molar-refractivity contribution in [1.29, 1.82) is 0 Å². The average Bonchev–Trinajstić information content (AvgIpc) is 3.04. The summed E-state index contributed by atoms with van der Waals surface area (Å²) in [6.07, 6.45) is 2.34. The van der Waals surface area contributed by atoms with Crippen LogP contribution in [0.3, 0.4) is 0 Å². The highest BCUT2D eigenvalue weighted by Crippen LogP contribution is 2.32. The molecular weight excluding hydrogens is 430 g/mol. The molecule has 0 saturated heterocycles. The maximum absolute atomic E-state index is 13.3. The third-order valence-electron chi connectivity index (χ3n) is 6.11. The number of urea groups is 1. The molecule has 1 aliphatic heterocycles. The van der Waals surface area contributed by atoms with Crippen molar-refractivity contribution in [2.45, 2.75) is 26.0 Å². The summed E-state index contributed by atoms with van der Waals surface area (Å²) < 4.78 is 10.8. The van der Waals surface area contributed by atoms with Crippen LogP contribution >= 0.6 is 0 Å². The maximum atomic E-state index is 13.3. The number of anilines is 1. The van der Waals surface area contributed by atoms with Gasteiger partial charge in [-0.2, -0.15) is 5.10 Å². The van der Waals surface area contributed by atoms with Gasteiger partial charge in [-0.05, 0) is 59.9 Å². The third-order valence-corrected chi connectivity index (χ3v) is 6.11. The number of methoxy groups -OCH3 is 2. The van der Waals surface area contributed by atoms with E-state index in [1.165, 1.54) is 5.01 Å². The minimum Gasteiger partial charge on any atom is -0.493 e. The molecule has 176 valence electrons. The van der Waals surface area contributed by atoms with Crippen molar-refractivity contribution in [3.8, 4) is 22.6 Å². The van der Waals surface area contributed by atoms with E-state index < -0.39 is 0 Å². The van der Waals surface area contributed by atoms with Crippen molar-refractivity contribution in [2.75, 3.05) is 26.2 Å². The van der Waals surface area contributed by atoms with Crippen molar-refractivity contribution in [3.05, 3.63) is 77.4 Å². The molecular formula is C27H29N3O4. The molecule has 1 N–H and O–H groups in total. The molecule has 0 spiro atoms. The molecule has 1 atom stereocenters. The van der Waals surface area contributed by atoms with Gasteiger partial charge in [-0.3, -0.25) is 4.90 Å². The second-order valence-electron chi connectivity index (χ2n) is 8.29. The molecule has 0 aliphatic carbocycles. The number of ether oxygens (including phenoxy) is 2. The van der Waals surface area contributed by atoms with Crippen LogP contribution < -0.4 is 14.4 Å². The van der Waals surface area contributed by atoms with Gasteiger partial charge >= 0.3 is 6.03 Å². The van der Waals surface area contributed by atoms with E-state index in [1.807, 2.05) is 67.6 Å². The fourth-order valence-corrected chi connectivity index (χ4v) is 4.06. The van der Waals surface area contributed by atoms with Gasteiger partial charge in [0.05, 0.1) is 33.1 Å². The quantitative estimate of drug-likeness (QED) is 0.600. The number of carbonyl (C=O) groups excluding carboxylic acids is 1.